The summed E-state index contributed by atoms with van der Waals surface area (Å²) in [7, 11) is 0. The first-order valence-corrected chi connectivity index (χ1v) is 4.21. The van der Waals surface area contributed by atoms with Crippen molar-refractivity contribution in [2.24, 2.45) is 0 Å². The Balaban J connectivity index is 2.52. The molecule has 1 N–H and O–H groups in total. The first kappa shape index (κ1) is 9.00. The fraction of sp³-hybridized carbons (Fsp3) is 0.444. The second-order valence-corrected chi connectivity index (χ2v) is 2.59. The normalized spacial score (nSPS) is 10.1. The largest absolute Gasteiger partial charge is 0.315 e. The van der Waals surface area contributed by atoms with Crippen molar-refractivity contribution < 1.29 is 0 Å². The van der Waals surface area contributed by atoms with E-state index in [1.807, 2.05) is 13.0 Å². The molecular weight excluding hydrogens is 152 g/mol. The SMILES string of the molecule is CCNCCn1ccccc1=O. The predicted molar refractivity (Wildman–Crippen MR) is 49.2 cm³/mol. The van der Waals surface area contributed by atoms with E-state index < -0.39 is 0 Å². The van der Waals surface area contributed by atoms with E-state index in [1.165, 1.54) is 0 Å². The molecule has 3 nitrogen and oxygen atoms in total. The lowest BCUT2D eigenvalue weighted by Gasteiger charge is -2.04. The minimum absolute atomic E-state index is 0.0652. The average Bonchev–Trinajstić information content (AvgIpc) is 2.09. The Morgan fingerprint density at radius 1 is 1.50 bits per heavy atom. The third-order valence-corrected chi connectivity index (χ3v) is 1.68. The molecule has 66 valence electrons. The second-order valence-electron chi connectivity index (χ2n) is 2.59. The van der Waals surface area contributed by atoms with Crippen LogP contribution in [0.1, 0.15) is 6.92 Å². The van der Waals surface area contributed by atoms with E-state index in [2.05, 4.69) is 5.32 Å². The Bertz CT molecular complexity index is 280. The molecule has 3 heteroatoms. The highest BCUT2D eigenvalue weighted by atomic mass is 16.1. The Labute approximate surface area is 72.0 Å². The van der Waals surface area contributed by atoms with E-state index in [9.17, 15) is 4.79 Å². The van der Waals surface area contributed by atoms with Crippen LogP contribution in [0.25, 0.3) is 0 Å². The molecule has 1 heterocycles. The summed E-state index contributed by atoms with van der Waals surface area (Å²) in [5, 5.41) is 3.16. The van der Waals surface area contributed by atoms with E-state index in [-0.39, 0.29) is 5.56 Å². The van der Waals surface area contributed by atoms with Gasteiger partial charge in [-0.05, 0) is 12.6 Å². The number of rotatable bonds is 4. The van der Waals surface area contributed by atoms with Crippen LogP contribution in [-0.2, 0) is 6.54 Å². The van der Waals surface area contributed by atoms with Crippen LogP contribution in [0.4, 0.5) is 0 Å². The maximum Gasteiger partial charge on any atom is 0.250 e. The highest BCUT2D eigenvalue weighted by Gasteiger charge is 1.90. The van der Waals surface area contributed by atoms with Crippen molar-refractivity contribution >= 4 is 0 Å². The van der Waals surface area contributed by atoms with E-state index in [0.29, 0.717) is 0 Å². The Morgan fingerprint density at radius 2 is 2.33 bits per heavy atom. The highest BCUT2D eigenvalue weighted by Crippen LogP contribution is 1.80. The fourth-order valence-electron chi connectivity index (χ4n) is 1.02. The predicted octanol–water partition coefficient (Wildman–Crippen LogP) is 0.458. The summed E-state index contributed by atoms with van der Waals surface area (Å²) < 4.78 is 1.70. The summed E-state index contributed by atoms with van der Waals surface area (Å²) in [6.07, 6.45) is 1.81. The fourth-order valence-corrected chi connectivity index (χ4v) is 1.02. The van der Waals surface area contributed by atoms with Crippen LogP contribution in [0.3, 0.4) is 0 Å². The summed E-state index contributed by atoms with van der Waals surface area (Å²) in [5.41, 5.74) is 0.0652. The molecule has 12 heavy (non-hydrogen) atoms. The molecule has 0 aliphatic carbocycles. The molecule has 0 spiro atoms. The van der Waals surface area contributed by atoms with Gasteiger partial charge in [-0.3, -0.25) is 4.79 Å². The Morgan fingerprint density at radius 3 is 3.00 bits per heavy atom. The molecule has 1 aromatic heterocycles. The van der Waals surface area contributed by atoms with Crippen LogP contribution in [-0.4, -0.2) is 17.7 Å². The van der Waals surface area contributed by atoms with Gasteiger partial charge in [0.2, 0.25) is 0 Å². The van der Waals surface area contributed by atoms with Gasteiger partial charge in [-0.1, -0.05) is 13.0 Å². The molecule has 0 saturated heterocycles. The van der Waals surface area contributed by atoms with Crippen molar-refractivity contribution in [3.63, 3.8) is 0 Å². The lowest BCUT2D eigenvalue weighted by Crippen LogP contribution is -2.25. The zero-order chi connectivity index (χ0) is 8.81. The number of likely N-dealkylation sites (N-methyl/N-ethyl adjacent to an activating group) is 1. The smallest absolute Gasteiger partial charge is 0.250 e. The molecular formula is C9H14N2O. The van der Waals surface area contributed by atoms with Gasteiger partial charge >= 0.3 is 0 Å². The Hall–Kier alpha value is -1.09. The number of nitrogens with zero attached hydrogens (tertiary/aromatic N) is 1. The van der Waals surface area contributed by atoms with E-state index in [1.54, 1.807) is 22.9 Å². The lowest BCUT2D eigenvalue weighted by molar-refractivity contribution is 0.599. The van der Waals surface area contributed by atoms with Crippen molar-refractivity contribution in [2.45, 2.75) is 13.5 Å². The van der Waals surface area contributed by atoms with Crippen molar-refractivity contribution in [1.29, 1.82) is 0 Å². The first-order valence-electron chi connectivity index (χ1n) is 4.21. The zero-order valence-electron chi connectivity index (χ0n) is 7.29. The minimum atomic E-state index is 0.0652. The molecule has 0 aliphatic rings. The molecule has 0 saturated carbocycles. The summed E-state index contributed by atoms with van der Waals surface area (Å²) >= 11 is 0. The van der Waals surface area contributed by atoms with Gasteiger partial charge in [0, 0.05) is 25.4 Å². The molecule has 1 rings (SSSR count). The van der Waals surface area contributed by atoms with Crippen LogP contribution in [0.15, 0.2) is 29.2 Å². The molecule has 0 aliphatic heterocycles. The van der Waals surface area contributed by atoms with Crippen molar-refractivity contribution in [3.05, 3.63) is 34.7 Å². The molecule has 0 radical (unpaired) electrons. The highest BCUT2D eigenvalue weighted by molar-refractivity contribution is 4.93. The van der Waals surface area contributed by atoms with Gasteiger partial charge in [0.25, 0.3) is 5.56 Å². The second kappa shape index (κ2) is 4.72. The van der Waals surface area contributed by atoms with E-state index in [4.69, 9.17) is 0 Å². The van der Waals surface area contributed by atoms with Crippen molar-refractivity contribution in [2.75, 3.05) is 13.1 Å². The number of hydrogen-bond donors (Lipinski definition) is 1. The van der Waals surface area contributed by atoms with Gasteiger partial charge in [0.1, 0.15) is 0 Å². The first-order chi connectivity index (χ1) is 5.84. The molecule has 0 bridgehead atoms. The van der Waals surface area contributed by atoms with Crippen LogP contribution in [0, 0.1) is 0 Å². The summed E-state index contributed by atoms with van der Waals surface area (Å²) in [4.78, 5) is 11.1. The monoisotopic (exact) mass is 166 g/mol. The number of hydrogen-bond acceptors (Lipinski definition) is 2. The van der Waals surface area contributed by atoms with Crippen LogP contribution < -0.4 is 10.9 Å². The van der Waals surface area contributed by atoms with Gasteiger partial charge in [-0.2, -0.15) is 0 Å². The molecule has 1 aromatic rings. The third kappa shape index (κ3) is 2.51. The molecule has 0 unspecified atom stereocenters. The van der Waals surface area contributed by atoms with E-state index in [0.717, 1.165) is 19.6 Å². The Kier molecular flexibility index (Phi) is 3.54. The maximum atomic E-state index is 11.1. The standard InChI is InChI=1S/C9H14N2O/c1-2-10-6-8-11-7-4-3-5-9(11)12/h3-5,7,10H,2,6,8H2,1H3. The van der Waals surface area contributed by atoms with Crippen molar-refractivity contribution in [3.8, 4) is 0 Å². The van der Waals surface area contributed by atoms with Crippen LogP contribution >= 0.6 is 0 Å². The zero-order valence-corrected chi connectivity index (χ0v) is 7.29. The quantitative estimate of drug-likeness (QED) is 0.659. The average molecular weight is 166 g/mol. The van der Waals surface area contributed by atoms with Crippen LogP contribution in [0.5, 0.6) is 0 Å². The van der Waals surface area contributed by atoms with Crippen molar-refractivity contribution in [1.82, 2.24) is 9.88 Å². The topological polar surface area (TPSA) is 34.0 Å². The third-order valence-electron chi connectivity index (χ3n) is 1.68. The molecule has 0 amide bonds. The van der Waals surface area contributed by atoms with Gasteiger partial charge in [-0.25, -0.2) is 0 Å². The molecule has 0 fully saturated rings. The van der Waals surface area contributed by atoms with Gasteiger partial charge in [-0.15, -0.1) is 0 Å². The lowest BCUT2D eigenvalue weighted by atomic mass is 10.4. The number of pyridine rings is 1. The number of aromatic nitrogens is 1. The maximum absolute atomic E-state index is 11.1. The molecule has 0 aromatic carbocycles. The number of nitrogens with one attached hydrogen (secondary N) is 1. The summed E-state index contributed by atoms with van der Waals surface area (Å²) in [6.45, 7) is 4.59. The van der Waals surface area contributed by atoms with Gasteiger partial charge in [0.15, 0.2) is 0 Å². The van der Waals surface area contributed by atoms with Crippen LogP contribution in [0.2, 0.25) is 0 Å². The summed E-state index contributed by atoms with van der Waals surface area (Å²) in [5.74, 6) is 0. The van der Waals surface area contributed by atoms with E-state index >= 15 is 0 Å². The summed E-state index contributed by atoms with van der Waals surface area (Å²) in [6, 6.07) is 5.20. The van der Waals surface area contributed by atoms with Gasteiger partial charge in [0.05, 0.1) is 0 Å². The minimum Gasteiger partial charge on any atom is -0.315 e. The molecule has 0 atom stereocenters. The van der Waals surface area contributed by atoms with Gasteiger partial charge < -0.3 is 9.88 Å².